The second-order valence-corrected chi connectivity index (χ2v) is 7.37. The quantitative estimate of drug-likeness (QED) is 0.876. The van der Waals surface area contributed by atoms with E-state index in [1.165, 1.54) is 30.0 Å². The van der Waals surface area contributed by atoms with Gasteiger partial charge < -0.3 is 5.32 Å². The van der Waals surface area contributed by atoms with Crippen molar-refractivity contribution in [2.24, 2.45) is 11.8 Å². The van der Waals surface area contributed by atoms with Crippen LogP contribution in [0, 0.1) is 11.8 Å². The third-order valence-corrected chi connectivity index (χ3v) is 5.65. The fourth-order valence-electron chi connectivity index (χ4n) is 3.37. The number of nitrogens with one attached hydrogen (secondary N) is 1. The van der Waals surface area contributed by atoms with E-state index in [1.54, 1.807) is 0 Å². The van der Waals surface area contributed by atoms with E-state index in [4.69, 9.17) is 4.98 Å². The first kappa shape index (κ1) is 15.0. The Kier molecular flexibility index (Phi) is 4.67. The summed E-state index contributed by atoms with van der Waals surface area (Å²) in [5.74, 6) is 2.05. The molecule has 0 spiro atoms. The van der Waals surface area contributed by atoms with E-state index in [0.29, 0.717) is 11.8 Å². The number of hydrogen-bond acceptors (Lipinski definition) is 3. The summed E-state index contributed by atoms with van der Waals surface area (Å²) in [4.78, 5) is 4.96. The zero-order chi connectivity index (χ0) is 14.0. The van der Waals surface area contributed by atoms with Crippen LogP contribution in [0.5, 0.6) is 0 Å². The van der Waals surface area contributed by atoms with Crippen LogP contribution in [0.4, 0.5) is 0 Å². The summed E-state index contributed by atoms with van der Waals surface area (Å²) >= 11 is 1.85. The molecule has 1 saturated carbocycles. The Morgan fingerprint density at radius 1 is 1.47 bits per heavy atom. The maximum atomic E-state index is 4.96. The molecule has 108 valence electrons. The van der Waals surface area contributed by atoms with Crippen molar-refractivity contribution in [1.29, 1.82) is 0 Å². The van der Waals surface area contributed by atoms with Crippen LogP contribution in [0.3, 0.4) is 0 Å². The monoisotopic (exact) mass is 280 g/mol. The van der Waals surface area contributed by atoms with E-state index in [2.05, 4.69) is 45.3 Å². The van der Waals surface area contributed by atoms with Crippen molar-refractivity contribution in [3.63, 3.8) is 0 Å². The summed E-state index contributed by atoms with van der Waals surface area (Å²) < 4.78 is 0. The minimum absolute atomic E-state index is 0.124. The summed E-state index contributed by atoms with van der Waals surface area (Å²) in [6, 6.07) is 0. The lowest BCUT2D eigenvalue weighted by atomic mass is 9.70. The average Bonchev–Trinajstić information content (AvgIpc) is 2.83. The molecule has 2 nitrogen and oxygen atoms in total. The lowest BCUT2D eigenvalue weighted by Crippen LogP contribution is -2.50. The van der Waals surface area contributed by atoms with Crippen LogP contribution >= 0.6 is 11.3 Å². The zero-order valence-electron chi connectivity index (χ0n) is 13.0. The van der Waals surface area contributed by atoms with Gasteiger partial charge in [0.2, 0.25) is 0 Å². The minimum Gasteiger partial charge on any atom is -0.305 e. The van der Waals surface area contributed by atoms with Crippen LogP contribution in [0.2, 0.25) is 0 Å². The number of nitrogens with zero attached hydrogens (tertiary/aromatic N) is 1. The van der Waals surface area contributed by atoms with Crippen molar-refractivity contribution in [2.45, 2.75) is 65.3 Å². The van der Waals surface area contributed by atoms with E-state index in [9.17, 15) is 0 Å². The van der Waals surface area contributed by atoms with Crippen molar-refractivity contribution in [2.75, 3.05) is 6.54 Å². The van der Waals surface area contributed by atoms with Gasteiger partial charge in [0, 0.05) is 5.38 Å². The van der Waals surface area contributed by atoms with E-state index in [-0.39, 0.29) is 5.54 Å². The first-order valence-corrected chi connectivity index (χ1v) is 8.58. The Morgan fingerprint density at radius 2 is 2.21 bits per heavy atom. The van der Waals surface area contributed by atoms with Gasteiger partial charge in [-0.3, -0.25) is 0 Å². The van der Waals surface area contributed by atoms with Crippen LogP contribution in [0.25, 0.3) is 0 Å². The molecule has 1 N–H and O–H groups in total. The molecule has 0 aliphatic heterocycles. The Hall–Kier alpha value is -0.410. The normalized spacial score (nSPS) is 31.9. The zero-order valence-corrected chi connectivity index (χ0v) is 13.8. The van der Waals surface area contributed by atoms with Gasteiger partial charge in [-0.05, 0) is 43.6 Å². The molecule has 3 unspecified atom stereocenters. The van der Waals surface area contributed by atoms with E-state index >= 15 is 0 Å². The van der Waals surface area contributed by atoms with Gasteiger partial charge in [-0.1, -0.05) is 34.6 Å². The molecule has 2 rings (SSSR count). The van der Waals surface area contributed by atoms with E-state index < -0.39 is 0 Å². The van der Waals surface area contributed by atoms with Gasteiger partial charge in [0.15, 0.2) is 0 Å². The second kappa shape index (κ2) is 5.92. The molecule has 3 heteroatoms. The lowest BCUT2D eigenvalue weighted by Gasteiger charge is -2.44. The smallest absolute Gasteiger partial charge is 0.113 e. The van der Waals surface area contributed by atoms with Crippen LogP contribution in [0.1, 0.15) is 70.5 Å². The molecule has 1 aromatic rings. The predicted molar refractivity (Wildman–Crippen MR) is 83.7 cm³/mol. The lowest BCUT2D eigenvalue weighted by molar-refractivity contribution is 0.123. The predicted octanol–water partition coefficient (Wildman–Crippen LogP) is 4.53. The molecule has 1 fully saturated rings. The molecule has 1 aliphatic rings. The molecule has 0 amide bonds. The maximum Gasteiger partial charge on any atom is 0.113 e. The highest BCUT2D eigenvalue weighted by atomic mass is 32.1. The summed E-state index contributed by atoms with van der Waals surface area (Å²) in [5.41, 5.74) is 1.38. The maximum absolute atomic E-state index is 4.96. The molecule has 19 heavy (non-hydrogen) atoms. The van der Waals surface area contributed by atoms with Gasteiger partial charge in [0.05, 0.1) is 11.2 Å². The van der Waals surface area contributed by atoms with Crippen molar-refractivity contribution >= 4 is 11.3 Å². The Bertz CT molecular complexity index is 413. The van der Waals surface area contributed by atoms with Crippen LogP contribution < -0.4 is 5.32 Å². The highest BCUT2D eigenvalue weighted by Gasteiger charge is 2.43. The van der Waals surface area contributed by atoms with Gasteiger partial charge in [-0.25, -0.2) is 4.98 Å². The summed E-state index contributed by atoms with van der Waals surface area (Å²) in [6.07, 6.45) is 3.85. The highest BCUT2D eigenvalue weighted by Crippen LogP contribution is 2.44. The molecule has 0 bridgehead atoms. The summed E-state index contributed by atoms with van der Waals surface area (Å²) in [6.45, 7) is 12.5. The van der Waals surface area contributed by atoms with E-state index in [1.807, 2.05) is 11.3 Å². The van der Waals surface area contributed by atoms with Crippen LogP contribution in [-0.4, -0.2) is 11.5 Å². The van der Waals surface area contributed by atoms with Crippen molar-refractivity contribution < 1.29 is 0 Å². The molecule has 0 radical (unpaired) electrons. The van der Waals surface area contributed by atoms with Crippen molar-refractivity contribution in [1.82, 2.24) is 10.3 Å². The van der Waals surface area contributed by atoms with Crippen molar-refractivity contribution in [3.8, 4) is 0 Å². The van der Waals surface area contributed by atoms with Crippen LogP contribution in [-0.2, 0) is 5.54 Å². The molecule has 1 aliphatic carbocycles. The van der Waals surface area contributed by atoms with E-state index in [0.717, 1.165) is 12.5 Å². The summed E-state index contributed by atoms with van der Waals surface area (Å²) in [7, 11) is 0. The Labute approximate surface area is 122 Å². The SMILES string of the molecule is CCNC1(c2nc(C(C)C)cs2)CCC(C)CC1C. The first-order chi connectivity index (χ1) is 8.99. The topological polar surface area (TPSA) is 24.9 Å². The third kappa shape index (κ3) is 2.87. The minimum atomic E-state index is 0.124. The van der Waals surface area contributed by atoms with Gasteiger partial charge in [-0.2, -0.15) is 0 Å². The largest absolute Gasteiger partial charge is 0.305 e. The number of thiazole rings is 1. The number of rotatable bonds is 4. The molecule has 1 aromatic heterocycles. The van der Waals surface area contributed by atoms with Gasteiger partial charge >= 0.3 is 0 Å². The molecule has 3 atom stereocenters. The fraction of sp³-hybridized carbons (Fsp3) is 0.812. The van der Waals surface area contributed by atoms with Crippen LogP contribution in [0.15, 0.2) is 5.38 Å². The van der Waals surface area contributed by atoms with Gasteiger partial charge in [0.1, 0.15) is 5.01 Å². The molecule has 0 saturated heterocycles. The highest BCUT2D eigenvalue weighted by molar-refractivity contribution is 7.09. The first-order valence-electron chi connectivity index (χ1n) is 7.70. The fourth-order valence-corrected chi connectivity index (χ4v) is 4.67. The van der Waals surface area contributed by atoms with Gasteiger partial charge in [-0.15, -0.1) is 11.3 Å². The molecule has 1 heterocycles. The second-order valence-electron chi connectivity index (χ2n) is 6.51. The average molecular weight is 280 g/mol. The summed E-state index contributed by atoms with van der Waals surface area (Å²) in [5, 5.41) is 7.36. The number of hydrogen-bond donors (Lipinski definition) is 1. The Balaban J connectivity index is 2.32. The Morgan fingerprint density at radius 3 is 2.74 bits per heavy atom. The molecule has 0 aromatic carbocycles. The number of aromatic nitrogens is 1. The third-order valence-electron chi connectivity index (χ3n) is 4.62. The molecular formula is C16H28N2S. The van der Waals surface area contributed by atoms with Crippen molar-refractivity contribution in [3.05, 3.63) is 16.1 Å². The standard InChI is InChI=1S/C16H28N2S/c1-6-17-16(8-7-12(4)9-13(16)5)15-18-14(10-19-15)11(2)3/h10-13,17H,6-9H2,1-5H3. The van der Waals surface area contributed by atoms with Gasteiger partial charge in [0.25, 0.3) is 0 Å². The molecular weight excluding hydrogens is 252 g/mol.